The fourth-order valence-electron chi connectivity index (χ4n) is 4.99. The van der Waals surface area contributed by atoms with E-state index in [9.17, 15) is 72.1 Å². The highest BCUT2D eigenvalue weighted by Gasteiger charge is 2.38. The van der Waals surface area contributed by atoms with E-state index in [1.54, 1.807) is 0 Å². The SMILES string of the molecule is COc1cc([N+](=O)[O-])ccc1N1NC(c2ccc(-c3ccc(S(=O)(=O)O)cc3S(=O)(=O)O)c(S(=O)(=O)O)c2S(=O)(=O)O)=NN1c1ccc([N+](=O)[O-])cc1. The Hall–Kier alpha value is -5.81. The van der Waals surface area contributed by atoms with Crippen LogP contribution in [0.5, 0.6) is 5.75 Å². The normalized spacial score (nSPS) is 13.7. The number of anilines is 2. The molecule has 0 atom stereocenters. The summed E-state index contributed by atoms with van der Waals surface area (Å²) in [5, 5.41) is 28.8. The van der Waals surface area contributed by atoms with Gasteiger partial charge < -0.3 is 4.74 Å². The van der Waals surface area contributed by atoms with Crippen molar-refractivity contribution in [1.29, 1.82) is 0 Å². The minimum absolute atomic E-state index is 0.0183. The Morgan fingerprint density at radius 3 is 1.70 bits per heavy atom. The third kappa shape index (κ3) is 7.57. The van der Waals surface area contributed by atoms with Crippen molar-refractivity contribution in [3.05, 3.63) is 98.6 Å². The van der Waals surface area contributed by atoms with E-state index in [0.717, 1.165) is 53.7 Å². The van der Waals surface area contributed by atoms with Crippen molar-refractivity contribution in [2.75, 3.05) is 17.3 Å². The van der Waals surface area contributed by atoms with Gasteiger partial charge in [0.05, 0.1) is 33.6 Å². The standard InChI is InChI=1S/C26H20N6O17S4/c1-49-22-12-16(32(35)36)6-11-21(22)30-28-26(27-29(30)14-2-4-15(5-3-14)31(33)34)20-10-9-19(24(52(43,44)45)25(20)53(46,47)48)18-8-7-17(50(37,38)39)13-23(18)51(40,41)42/h2-13H,1H3,(H,27,28)(H,37,38,39)(H,40,41,42)(H,43,44,45)(H,46,47,48). The Balaban J connectivity index is 1.83. The zero-order chi connectivity index (χ0) is 39.4. The van der Waals surface area contributed by atoms with Crippen molar-refractivity contribution >= 4 is 69.1 Å². The van der Waals surface area contributed by atoms with E-state index in [4.69, 9.17) is 4.74 Å². The number of nitrogens with one attached hydrogen (secondary N) is 1. The van der Waals surface area contributed by atoms with E-state index in [1.807, 2.05) is 0 Å². The molecule has 0 fully saturated rings. The van der Waals surface area contributed by atoms with Crippen LogP contribution in [-0.2, 0) is 40.5 Å². The van der Waals surface area contributed by atoms with Crippen LogP contribution >= 0.6 is 0 Å². The minimum atomic E-state index is -5.86. The van der Waals surface area contributed by atoms with E-state index >= 15 is 0 Å². The topological polar surface area (TPSA) is 344 Å². The summed E-state index contributed by atoms with van der Waals surface area (Å²) in [4.78, 5) is 15.4. The summed E-state index contributed by atoms with van der Waals surface area (Å²) in [5.74, 6) is -0.866. The molecule has 0 aromatic heterocycles. The molecule has 1 aliphatic heterocycles. The number of hydrogen-bond donors (Lipinski definition) is 5. The molecule has 0 saturated carbocycles. The number of rotatable bonds is 11. The molecular weight excluding hydrogens is 797 g/mol. The molecule has 5 N–H and O–H groups in total. The third-order valence-electron chi connectivity index (χ3n) is 7.19. The molecule has 4 aromatic carbocycles. The highest BCUT2D eigenvalue weighted by Crippen LogP contribution is 2.41. The number of nitro groups is 2. The number of ether oxygens (including phenoxy) is 1. The van der Waals surface area contributed by atoms with Gasteiger partial charge in [-0.3, -0.25) is 43.9 Å². The molecule has 0 saturated heterocycles. The van der Waals surface area contributed by atoms with Crippen molar-refractivity contribution in [2.45, 2.75) is 19.6 Å². The predicted octanol–water partition coefficient (Wildman–Crippen LogP) is 2.27. The summed E-state index contributed by atoms with van der Waals surface area (Å²) in [6.45, 7) is 0. The summed E-state index contributed by atoms with van der Waals surface area (Å²) in [6.07, 6.45) is 0. The molecule has 0 bridgehead atoms. The molecule has 0 aliphatic carbocycles. The second-order valence-electron chi connectivity index (χ2n) is 10.4. The predicted molar refractivity (Wildman–Crippen MR) is 179 cm³/mol. The first-order chi connectivity index (χ1) is 24.4. The van der Waals surface area contributed by atoms with Crippen molar-refractivity contribution in [3.63, 3.8) is 0 Å². The molecule has 53 heavy (non-hydrogen) atoms. The van der Waals surface area contributed by atoms with Crippen LogP contribution in [0.1, 0.15) is 5.56 Å². The maximum atomic E-state index is 13.0. The number of hydrogen-bond acceptors (Lipinski definition) is 17. The van der Waals surface area contributed by atoms with Crippen LogP contribution in [0.3, 0.4) is 0 Å². The summed E-state index contributed by atoms with van der Waals surface area (Å²) >= 11 is 0. The first kappa shape index (κ1) is 38.4. The van der Waals surface area contributed by atoms with Crippen LogP contribution in [0.25, 0.3) is 11.1 Å². The highest BCUT2D eigenvalue weighted by atomic mass is 32.2. The van der Waals surface area contributed by atoms with Gasteiger partial charge in [-0.05, 0) is 36.4 Å². The van der Waals surface area contributed by atoms with Gasteiger partial charge in [0.1, 0.15) is 20.4 Å². The zero-order valence-electron chi connectivity index (χ0n) is 25.9. The summed E-state index contributed by atoms with van der Waals surface area (Å²) in [5.41, 5.74) is -1.15. The maximum absolute atomic E-state index is 13.0. The lowest BCUT2D eigenvalue weighted by Gasteiger charge is -2.28. The van der Waals surface area contributed by atoms with Crippen LogP contribution in [0.15, 0.2) is 97.5 Å². The van der Waals surface area contributed by atoms with E-state index < -0.39 is 98.1 Å². The Bertz CT molecular complexity index is 2700. The molecule has 0 amide bonds. The van der Waals surface area contributed by atoms with Crippen LogP contribution in [0.4, 0.5) is 22.7 Å². The third-order valence-corrected chi connectivity index (χ3v) is 10.9. The highest BCUT2D eigenvalue weighted by molar-refractivity contribution is 7.89. The summed E-state index contributed by atoms with van der Waals surface area (Å²) < 4.78 is 145. The molecule has 1 heterocycles. The Morgan fingerprint density at radius 2 is 1.19 bits per heavy atom. The molecule has 1 aliphatic rings. The molecule has 280 valence electrons. The van der Waals surface area contributed by atoms with Gasteiger partial charge in [0.15, 0.2) is 11.6 Å². The largest absolute Gasteiger partial charge is 0.494 e. The monoisotopic (exact) mass is 816 g/mol. The van der Waals surface area contributed by atoms with Gasteiger partial charge in [-0.1, -0.05) is 12.1 Å². The lowest BCUT2D eigenvalue weighted by atomic mass is 10.0. The fraction of sp³-hybridized carbons (Fsp3) is 0.0385. The minimum Gasteiger partial charge on any atom is -0.494 e. The van der Waals surface area contributed by atoms with Gasteiger partial charge in [0.2, 0.25) is 0 Å². The molecule has 27 heteroatoms. The molecule has 0 unspecified atom stereocenters. The second-order valence-corrected chi connectivity index (χ2v) is 16.0. The van der Waals surface area contributed by atoms with Gasteiger partial charge in [0, 0.05) is 34.9 Å². The molecule has 23 nitrogen and oxygen atoms in total. The number of nitrogens with zero attached hydrogens (tertiary/aromatic N) is 5. The first-order valence-electron chi connectivity index (χ1n) is 13.7. The van der Waals surface area contributed by atoms with Crippen LogP contribution < -0.4 is 20.4 Å². The number of hydrazone groups is 1. The van der Waals surface area contributed by atoms with Crippen LogP contribution in [0, 0.1) is 20.2 Å². The van der Waals surface area contributed by atoms with Crippen molar-refractivity contribution in [1.82, 2.24) is 5.43 Å². The number of hydrazine groups is 2. The molecule has 0 radical (unpaired) electrons. The quantitative estimate of drug-likeness (QED) is 0.0823. The number of amidine groups is 1. The molecule has 4 aromatic rings. The number of benzene rings is 4. The molecule has 0 spiro atoms. The fourth-order valence-corrected chi connectivity index (χ4v) is 8.53. The number of methoxy groups -OCH3 is 1. The van der Waals surface area contributed by atoms with Crippen LogP contribution in [0.2, 0.25) is 0 Å². The van der Waals surface area contributed by atoms with Crippen molar-refractivity contribution < 1.29 is 66.5 Å². The number of non-ortho nitro benzene ring substituents is 2. The Morgan fingerprint density at radius 1 is 0.660 bits per heavy atom. The van der Waals surface area contributed by atoms with Gasteiger partial charge in [-0.15, -0.1) is 5.10 Å². The summed E-state index contributed by atoms with van der Waals surface area (Å²) in [7, 11) is -21.2. The van der Waals surface area contributed by atoms with Gasteiger partial charge in [-0.25, -0.2) is 0 Å². The Kier molecular flexibility index (Phi) is 9.65. The van der Waals surface area contributed by atoms with Gasteiger partial charge in [-0.2, -0.15) is 43.9 Å². The number of nitro benzene ring substituents is 2. The first-order valence-corrected chi connectivity index (χ1v) is 19.4. The second kappa shape index (κ2) is 13.3. The zero-order valence-corrected chi connectivity index (χ0v) is 29.2. The van der Waals surface area contributed by atoms with Gasteiger partial charge in [0.25, 0.3) is 51.8 Å². The van der Waals surface area contributed by atoms with E-state index in [2.05, 4.69) is 10.5 Å². The van der Waals surface area contributed by atoms with E-state index in [1.165, 1.54) is 12.1 Å². The average Bonchev–Trinajstić information content (AvgIpc) is 3.50. The molecular formula is C26H20N6O17S4. The lowest BCUT2D eigenvalue weighted by molar-refractivity contribution is -0.385. The summed E-state index contributed by atoms with van der Waals surface area (Å²) in [6, 6.07) is 10.3. The van der Waals surface area contributed by atoms with Crippen molar-refractivity contribution in [3.8, 4) is 16.9 Å². The van der Waals surface area contributed by atoms with Gasteiger partial charge >= 0.3 is 0 Å². The van der Waals surface area contributed by atoms with E-state index in [-0.39, 0.29) is 28.9 Å². The lowest BCUT2D eigenvalue weighted by Crippen LogP contribution is -2.45. The molecule has 5 rings (SSSR count). The van der Waals surface area contributed by atoms with Crippen LogP contribution in [-0.4, -0.2) is 74.7 Å². The van der Waals surface area contributed by atoms with Crippen molar-refractivity contribution in [2.24, 2.45) is 5.10 Å². The smallest absolute Gasteiger partial charge is 0.296 e. The van der Waals surface area contributed by atoms with E-state index in [0.29, 0.717) is 18.2 Å². The maximum Gasteiger partial charge on any atom is 0.296 e. The average molecular weight is 817 g/mol. The Labute approximate surface area is 297 Å².